The first kappa shape index (κ1) is 12.2. The van der Waals surface area contributed by atoms with Gasteiger partial charge in [0.05, 0.1) is 6.20 Å². The Morgan fingerprint density at radius 3 is 2.88 bits per heavy atom. The summed E-state index contributed by atoms with van der Waals surface area (Å²) >= 11 is 0. The molecule has 1 rings (SSSR count). The third-order valence-corrected chi connectivity index (χ3v) is 2.18. The number of hydrogen-bond donors (Lipinski definition) is 2. The summed E-state index contributed by atoms with van der Waals surface area (Å²) in [4.78, 5) is 8.00. The van der Waals surface area contributed by atoms with Gasteiger partial charge in [0.25, 0.3) is 0 Å². The smallest absolute Gasteiger partial charge is 0.224 e. The molecule has 0 fully saturated rings. The van der Waals surface area contributed by atoms with E-state index in [1.165, 1.54) is 12.6 Å². The Kier molecular flexibility index (Phi) is 4.52. The van der Waals surface area contributed by atoms with E-state index in [4.69, 9.17) is 11.0 Å². The maximum Gasteiger partial charge on any atom is 0.224 e. The summed E-state index contributed by atoms with van der Waals surface area (Å²) in [6.07, 6.45) is 3.67. The molecule has 0 aliphatic rings. The van der Waals surface area contributed by atoms with Crippen molar-refractivity contribution in [2.24, 2.45) is 5.92 Å². The largest absolute Gasteiger partial charge is 0.382 e. The first-order chi connectivity index (χ1) is 7.63. The zero-order chi connectivity index (χ0) is 12.0. The SMILES string of the molecule is CC(C)CCCNc1ncc(C#N)c(N)n1. The molecule has 0 amide bonds. The molecule has 5 nitrogen and oxygen atoms in total. The Morgan fingerprint density at radius 1 is 1.56 bits per heavy atom. The maximum atomic E-state index is 8.65. The molecule has 0 aliphatic heterocycles. The van der Waals surface area contributed by atoms with Crippen LogP contribution in [-0.4, -0.2) is 16.5 Å². The number of nitrogens with two attached hydrogens (primary N) is 1. The van der Waals surface area contributed by atoms with E-state index < -0.39 is 0 Å². The van der Waals surface area contributed by atoms with Crippen molar-refractivity contribution in [1.29, 1.82) is 5.26 Å². The molecule has 0 radical (unpaired) electrons. The average molecular weight is 219 g/mol. The fraction of sp³-hybridized carbons (Fsp3) is 0.545. The van der Waals surface area contributed by atoms with Gasteiger partial charge in [0.15, 0.2) is 0 Å². The van der Waals surface area contributed by atoms with Crippen molar-refractivity contribution in [3.8, 4) is 6.07 Å². The molecule has 1 heterocycles. The summed E-state index contributed by atoms with van der Waals surface area (Å²) in [6, 6.07) is 1.93. The quantitative estimate of drug-likeness (QED) is 0.737. The van der Waals surface area contributed by atoms with Gasteiger partial charge in [-0.25, -0.2) is 4.98 Å². The molecule has 5 heteroatoms. The van der Waals surface area contributed by atoms with Crippen molar-refractivity contribution in [3.05, 3.63) is 11.8 Å². The van der Waals surface area contributed by atoms with Crippen LogP contribution in [0.1, 0.15) is 32.3 Å². The van der Waals surface area contributed by atoms with Gasteiger partial charge >= 0.3 is 0 Å². The van der Waals surface area contributed by atoms with Crippen LogP contribution >= 0.6 is 0 Å². The molecule has 0 atom stereocenters. The topological polar surface area (TPSA) is 87.6 Å². The average Bonchev–Trinajstić information content (AvgIpc) is 2.24. The summed E-state index contributed by atoms with van der Waals surface area (Å²) in [6.45, 7) is 5.20. The lowest BCUT2D eigenvalue weighted by atomic mass is 10.1. The molecule has 86 valence electrons. The molecule has 0 unspecified atom stereocenters. The summed E-state index contributed by atoms with van der Waals surface area (Å²) in [5, 5.41) is 11.7. The number of rotatable bonds is 5. The first-order valence-electron chi connectivity index (χ1n) is 5.40. The molecule has 0 aliphatic carbocycles. The van der Waals surface area contributed by atoms with Gasteiger partial charge in [0, 0.05) is 6.54 Å². The van der Waals surface area contributed by atoms with Crippen molar-refractivity contribution < 1.29 is 0 Å². The summed E-state index contributed by atoms with van der Waals surface area (Å²) in [5.74, 6) is 1.41. The van der Waals surface area contributed by atoms with Crippen LogP contribution in [0.15, 0.2) is 6.20 Å². The van der Waals surface area contributed by atoms with Crippen molar-refractivity contribution >= 4 is 11.8 Å². The standard InChI is InChI=1S/C11H17N5/c1-8(2)4-3-5-14-11-15-7-9(6-12)10(13)16-11/h7-8H,3-5H2,1-2H3,(H3,13,14,15,16). The number of anilines is 2. The van der Waals surface area contributed by atoms with E-state index in [2.05, 4.69) is 29.1 Å². The number of nitrogens with one attached hydrogen (secondary N) is 1. The van der Waals surface area contributed by atoms with Gasteiger partial charge in [0.2, 0.25) is 5.95 Å². The number of aromatic nitrogens is 2. The van der Waals surface area contributed by atoms with Gasteiger partial charge in [-0.3, -0.25) is 0 Å². The minimum atomic E-state index is 0.226. The summed E-state index contributed by atoms with van der Waals surface area (Å²) < 4.78 is 0. The zero-order valence-electron chi connectivity index (χ0n) is 9.70. The van der Waals surface area contributed by atoms with E-state index in [-0.39, 0.29) is 5.82 Å². The number of nitriles is 1. The second-order valence-corrected chi connectivity index (χ2v) is 4.07. The van der Waals surface area contributed by atoms with Gasteiger partial charge < -0.3 is 11.1 Å². The molecule has 3 N–H and O–H groups in total. The van der Waals surface area contributed by atoms with E-state index in [1.54, 1.807) is 0 Å². The number of hydrogen-bond acceptors (Lipinski definition) is 5. The minimum absolute atomic E-state index is 0.226. The van der Waals surface area contributed by atoms with Gasteiger partial charge in [-0.2, -0.15) is 10.2 Å². The lowest BCUT2D eigenvalue weighted by molar-refractivity contribution is 0.566. The predicted molar refractivity (Wildman–Crippen MR) is 63.7 cm³/mol. The van der Waals surface area contributed by atoms with Crippen LogP contribution in [0.3, 0.4) is 0 Å². The van der Waals surface area contributed by atoms with Crippen LogP contribution in [0, 0.1) is 17.2 Å². The molecule has 0 spiro atoms. The van der Waals surface area contributed by atoms with E-state index in [9.17, 15) is 0 Å². The van der Waals surface area contributed by atoms with E-state index in [0.29, 0.717) is 17.4 Å². The maximum absolute atomic E-state index is 8.65. The number of nitrogen functional groups attached to an aromatic ring is 1. The Bertz CT molecular complexity index is 380. The molecule has 1 aromatic heterocycles. The van der Waals surface area contributed by atoms with Crippen LogP contribution in [0.25, 0.3) is 0 Å². The van der Waals surface area contributed by atoms with Crippen molar-refractivity contribution in [1.82, 2.24) is 9.97 Å². The van der Waals surface area contributed by atoms with E-state index in [1.807, 2.05) is 6.07 Å². The monoisotopic (exact) mass is 219 g/mol. The van der Waals surface area contributed by atoms with E-state index in [0.717, 1.165) is 13.0 Å². The molecule has 0 bridgehead atoms. The summed E-state index contributed by atoms with van der Waals surface area (Å²) in [7, 11) is 0. The van der Waals surface area contributed by atoms with Crippen LogP contribution in [0.4, 0.5) is 11.8 Å². The molecular formula is C11H17N5. The third-order valence-electron chi connectivity index (χ3n) is 2.18. The third kappa shape index (κ3) is 3.73. The predicted octanol–water partition coefficient (Wildman–Crippen LogP) is 1.78. The first-order valence-corrected chi connectivity index (χ1v) is 5.40. The highest BCUT2D eigenvalue weighted by Gasteiger charge is 2.02. The van der Waals surface area contributed by atoms with Gasteiger partial charge in [-0.15, -0.1) is 0 Å². The fourth-order valence-electron chi connectivity index (χ4n) is 1.28. The van der Waals surface area contributed by atoms with Crippen molar-refractivity contribution in [2.75, 3.05) is 17.6 Å². The normalized spacial score (nSPS) is 10.1. The highest BCUT2D eigenvalue weighted by molar-refractivity contribution is 5.49. The molecule has 1 aromatic rings. The van der Waals surface area contributed by atoms with Gasteiger partial charge in [-0.05, 0) is 18.8 Å². The molecular weight excluding hydrogens is 202 g/mol. The van der Waals surface area contributed by atoms with Crippen LogP contribution < -0.4 is 11.1 Å². The fourth-order valence-corrected chi connectivity index (χ4v) is 1.28. The van der Waals surface area contributed by atoms with Gasteiger partial charge in [-0.1, -0.05) is 13.8 Å². The Balaban J connectivity index is 2.44. The van der Waals surface area contributed by atoms with Crippen LogP contribution in [-0.2, 0) is 0 Å². The Hall–Kier alpha value is -1.83. The van der Waals surface area contributed by atoms with Crippen LogP contribution in [0.5, 0.6) is 0 Å². The molecule has 0 aromatic carbocycles. The van der Waals surface area contributed by atoms with Crippen molar-refractivity contribution in [3.63, 3.8) is 0 Å². The molecule has 0 saturated heterocycles. The zero-order valence-corrected chi connectivity index (χ0v) is 9.70. The Labute approximate surface area is 95.7 Å². The second-order valence-electron chi connectivity index (χ2n) is 4.07. The lowest BCUT2D eigenvalue weighted by Gasteiger charge is -2.06. The lowest BCUT2D eigenvalue weighted by Crippen LogP contribution is -2.08. The van der Waals surface area contributed by atoms with Crippen molar-refractivity contribution in [2.45, 2.75) is 26.7 Å². The van der Waals surface area contributed by atoms with Crippen LogP contribution in [0.2, 0.25) is 0 Å². The second kappa shape index (κ2) is 5.91. The summed E-state index contributed by atoms with van der Waals surface area (Å²) in [5.41, 5.74) is 5.88. The molecule has 0 saturated carbocycles. The molecule has 16 heavy (non-hydrogen) atoms. The van der Waals surface area contributed by atoms with Gasteiger partial charge in [0.1, 0.15) is 17.5 Å². The minimum Gasteiger partial charge on any atom is -0.382 e. The highest BCUT2D eigenvalue weighted by Crippen LogP contribution is 2.09. The Morgan fingerprint density at radius 2 is 2.31 bits per heavy atom. The highest BCUT2D eigenvalue weighted by atomic mass is 15.1. The van der Waals surface area contributed by atoms with E-state index >= 15 is 0 Å². The number of nitrogens with zero attached hydrogens (tertiary/aromatic N) is 3.